The van der Waals surface area contributed by atoms with Gasteiger partial charge in [0.05, 0.1) is 39.6 Å². The molecule has 2 heterocycles. The molecule has 0 aromatic rings. The van der Waals surface area contributed by atoms with Crippen molar-refractivity contribution in [1.82, 2.24) is 5.32 Å². The van der Waals surface area contributed by atoms with Crippen LogP contribution in [0.2, 0.25) is 6.04 Å². The highest BCUT2D eigenvalue weighted by molar-refractivity contribution is 6.26. The van der Waals surface area contributed by atoms with Crippen molar-refractivity contribution in [2.24, 2.45) is 0 Å². The normalized spacial score (nSPS) is 23.9. The van der Waals surface area contributed by atoms with Crippen molar-refractivity contribution >= 4 is 15.9 Å². The van der Waals surface area contributed by atoms with E-state index < -0.39 is 22.0 Å². The fourth-order valence-corrected chi connectivity index (χ4v) is 2.60. The standard InChI is InChI=1S/C14H27NO7Si/c1-17-23-4-2-3-15-14(16)22-13(7-18-5-11-9-20-11)8-19-6-12-10-21-12/h11-13H,2-10,23H2,1H3,(H,15,16). The summed E-state index contributed by atoms with van der Waals surface area (Å²) >= 11 is 0. The second-order valence-electron chi connectivity index (χ2n) is 5.64. The summed E-state index contributed by atoms with van der Waals surface area (Å²) in [5.74, 6) is 0. The Balaban J connectivity index is 1.56. The maximum atomic E-state index is 11.8. The lowest BCUT2D eigenvalue weighted by Crippen LogP contribution is -2.35. The van der Waals surface area contributed by atoms with E-state index in [-0.39, 0.29) is 12.2 Å². The van der Waals surface area contributed by atoms with Crippen molar-refractivity contribution in [3.63, 3.8) is 0 Å². The highest BCUT2D eigenvalue weighted by atomic mass is 28.2. The van der Waals surface area contributed by atoms with Crippen LogP contribution in [0.15, 0.2) is 0 Å². The van der Waals surface area contributed by atoms with Crippen LogP contribution in [-0.4, -0.2) is 87.5 Å². The maximum absolute atomic E-state index is 11.8. The molecular formula is C14H27NO7Si. The number of hydrogen-bond acceptors (Lipinski definition) is 7. The molecule has 0 radical (unpaired) electrons. The molecule has 0 aromatic heterocycles. The first-order valence-electron chi connectivity index (χ1n) is 8.10. The van der Waals surface area contributed by atoms with Crippen LogP contribution in [0.5, 0.6) is 0 Å². The summed E-state index contributed by atoms with van der Waals surface area (Å²) in [6, 6.07) is 1.04. The molecule has 0 spiro atoms. The quantitative estimate of drug-likeness (QED) is 0.256. The summed E-state index contributed by atoms with van der Waals surface area (Å²) in [5, 5.41) is 2.74. The Morgan fingerprint density at radius 3 is 2.35 bits per heavy atom. The summed E-state index contributed by atoms with van der Waals surface area (Å²) in [5.41, 5.74) is 0. The first-order chi connectivity index (χ1) is 11.3. The molecule has 1 amide bonds. The van der Waals surface area contributed by atoms with Crippen LogP contribution >= 0.6 is 0 Å². The molecule has 2 fully saturated rings. The largest absolute Gasteiger partial charge is 0.441 e. The van der Waals surface area contributed by atoms with Gasteiger partial charge in [0.15, 0.2) is 15.9 Å². The van der Waals surface area contributed by atoms with Gasteiger partial charge in [-0.2, -0.15) is 0 Å². The topological polar surface area (TPSA) is 91.1 Å². The molecule has 0 bridgehead atoms. The molecule has 2 unspecified atom stereocenters. The molecule has 0 aliphatic carbocycles. The van der Waals surface area contributed by atoms with Crippen molar-refractivity contribution in [1.29, 1.82) is 0 Å². The van der Waals surface area contributed by atoms with Gasteiger partial charge in [-0.3, -0.25) is 0 Å². The summed E-state index contributed by atoms with van der Waals surface area (Å²) in [6.07, 6.45) is 0.420. The number of alkyl carbamates (subject to hydrolysis) is 1. The Morgan fingerprint density at radius 2 is 1.83 bits per heavy atom. The van der Waals surface area contributed by atoms with Gasteiger partial charge in [-0.15, -0.1) is 0 Å². The molecule has 2 aliphatic heterocycles. The minimum absolute atomic E-state index is 0.190. The summed E-state index contributed by atoms with van der Waals surface area (Å²) in [7, 11) is 1.29. The van der Waals surface area contributed by atoms with Crippen LogP contribution in [-0.2, 0) is 28.1 Å². The summed E-state index contributed by atoms with van der Waals surface area (Å²) in [4.78, 5) is 11.8. The molecule has 2 aliphatic rings. The number of epoxide rings is 2. The van der Waals surface area contributed by atoms with Crippen molar-refractivity contribution in [3.05, 3.63) is 0 Å². The van der Waals surface area contributed by atoms with Gasteiger partial charge < -0.3 is 33.4 Å². The lowest BCUT2D eigenvalue weighted by Gasteiger charge is -2.18. The van der Waals surface area contributed by atoms with Crippen LogP contribution in [0.25, 0.3) is 0 Å². The van der Waals surface area contributed by atoms with Gasteiger partial charge in [0, 0.05) is 13.7 Å². The average molecular weight is 349 g/mol. The molecule has 2 rings (SSSR count). The molecule has 9 heteroatoms. The van der Waals surface area contributed by atoms with E-state index in [0.717, 1.165) is 25.7 Å². The Kier molecular flexibility index (Phi) is 8.87. The number of carbonyl (C=O) groups is 1. The Labute approximate surface area is 139 Å². The molecule has 0 aromatic carbocycles. The van der Waals surface area contributed by atoms with Gasteiger partial charge in [0.2, 0.25) is 0 Å². The van der Waals surface area contributed by atoms with Gasteiger partial charge in [-0.1, -0.05) is 0 Å². The third-order valence-electron chi connectivity index (χ3n) is 3.34. The molecular weight excluding hydrogens is 322 g/mol. The number of carbonyl (C=O) groups excluding carboxylic acids is 1. The smallest absolute Gasteiger partial charge is 0.407 e. The van der Waals surface area contributed by atoms with E-state index in [4.69, 9.17) is 28.1 Å². The Morgan fingerprint density at radius 1 is 1.22 bits per heavy atom. The Bertz CT molecular complexity index is 321. The number of nitrogens with one attached hydrogen (secondary N) is 1. The molecule has 134 valence electrons. The van der Waals surface area contributed by atoms with Gasteiger partial charge in [0.1, 0.15) is 12.2 Å². The number of hydrogen-bond donors (Lipinski definition) is 1. The van der Waals surface area contributed by atoms with Gasteiger partial charge in [-0.05, 0) is 12.5 Å². The van der Waals surface area contributed by atoms with Gasteiger partial charge in [0.25, 0.3) is 0 Å². The average Bonchev–Trinajstić information content (AvgIpc) is 3.41. The van der Waals surface area contributed by atoms with Gasteiger partial charge in [-0.25, -0.2) is 4.79 Å². The molecule has 0 saturated carbocycles. The van der Waals surface area contributed by atoms with E-state index in [1.54, 1.807) is 7.11 Å². The number of rotatable bonds is 14. The highest BCUT2D eigenvalue weighted by Crippen LogP contribution is 2.11. The van der Waals surface area contributed by atoms with E-state index in [1.165, 1.54) is 0 Å². The lowest BCUT2D eigenvalue weighted by molar-refractivity contribution is -0.0323. The van der Waals surface area contributed by atoms with Crippen molar-refractivity contribution in [3.8, 4) is 0 Å². The minimum Gasteiger partial charge on any atom is -0.441 e. The van der Waals surface area contributed by atoms with E-state index in [9.17, 15) is 4.79 Å². The Hall–Kier alpha value is -0.713. The van der Waals surface area contributed by atoms with Gasteiger partial charge >= 0.3 is 6.09 Å². The third kappa shape index (κ3) is 9.90. The SMILES string of the molecule is CO[SiH2]CCCNC(=O)OC(COCC1CO1)COCC1CO1. The maximum Gasteiger partial charge on any atom is 0.407 e. The summed E-state index contributed by atoms with van der Waals surface area (Å²) < 4.78 is 31.6. The molecule has 1 N–H and O–H groups in total. The molecule has 8 nitrogen and oxygen atoms in total. The van der Waals surface area contributed by atoms with E-state index in [2.05, 4.69) is 5.32 Å². The van der Waals surface area contributed by atoms with Crippen molar-refractivity contribution in [2.75, 3.05) is 53.3 Å². The van der Waals surface area contributed by atoms with Crippen LogP contribution in [0.4, 0.5) is 4.79 Å². The van der Waals surface area contributed by atoms with Crippen LogP contribution < -0.4 is 5.32 Å². The predicted octanol–water partition coefficient (Wildman–Crippen LogP) is -0.549. The third-order valence-corrected chi connectivity index (χ3v) is 4.53. The van der Waals surface area contributed by atoms with Crippen LogP contribution in [0.3, 0.4) is 0 Å². The zero-order valence-corrected chi connectivity index (χ0v) is 15.1. The minimum atomic E-state index is -0.438. The zero-order chi connectivity index (χ0) is 16.3. The summed E-state index contributed by atoms with van der Waals surface area (Å²) in [6.45, 7) is 3.72. The first kappa shape index (κ1) is 18.6. The second-order valence-corrected chi connectivity index (χ2v) is 7.33. The van der Waals surface area contributed by atoms with Crippen LogP contribution in [0, 0.1) is 0 Å². The number of ether oxygens (including phenoxy) is 5. The molecule has 23 heavy (non-hydrogen) atoms. The fourth-order valence-electron chi connectivity index (χ4n) is 1.86. The highest BCUT2D eigenvalue weighted by Gasteiger charge is 2.25. The van der Waals surface area contributed by atoms with Crippen molar-refractivity contribution in [2.45, 2.75) is 30.8 Å². The second kappa shape index (κ2) is 10.9. The van der Waals surface area contributed by atoms with E-state index in [0.29, 0.717) is 33.0 Å². The van der Waals surface area contributed by atoms with E-state index >= 15 is 0 Å². The van der Waals surface area contributed by atoms with Crippen LogP contribution in [0.1, 0.15) is 6.42 Å². The van der Waals surface area contributed by atoms with Crippen molar-refractivity contribution < 1.29 is 32.9 Å². The predicted molar refractivity (Wildman–Crippen MR) is 84.4 cm³/mol. The zero-order valence-electron chi connectivity index (χ0n) is 13.7. The monoisotopic (exact) mass is 349 g/mol. The number of amides is 1. The first-order valence-corrected chi connectivity index (χ1v) is 9.67. The molecule has 2 saturated heterocycles. The molecule has 2 atom stereocenters. The lowest BCUT2D eigenvalue weighted by atomic mass is 10.4. The fraction of sp³-hybridized carbons (Fsp3) is 0.929. The van der Waals surface area contributed by atoms with E-state index in [1.807, 2.05) is 0 Å².